The molecule has 3 aromatic rings. The summed E-state index contributed by atoms with van der Waals surface area (Å²) in [7, 11) is 1.49. The minimum Gasteiger partial charge on any atom is -0.361 e. The Balaban J connectivity index is 1.44. The summed E-state index contributed by atoms with van der Waals surface area (Å²) in [5, 5.41) is 4.74. The van der Waals surface area contributed by atoms with Gasteiger partial charge in [-0.3, -0.25) is 9.69 Å². The van der Waals surface area contributed by atoms with E-state index in [0.29, 0.717) is 23.0 Å². The number of halogens is 3. The first-order valence-corrected chi connectivity index (χ1v) is 12.4. The molecule has 1 amide bonds. The maximum Gasteiger partial charge on any atom is 0.405 e. The van der Waals surface area contributed by atoms with Crippen LogP contribution < -0.4 is 10.2 Å². The van der Waals surface area contributed by atoms with Gasteiger partial charge in [0.2, 0.25) is 0 Å². The first-order chi connectivity index (χ1) is 16.3. The SMILES string of the molecule is CCCCC(Cc1c[nH]c2ccccc12)NC(=O)c1cnc(N2CCN(C)C(C(F)(F)F)C2)s1. The van der Waals surface area contributed by atoms with Crippen LogP contribution in [0.4, 0.5) is 18.3 Å². The van der Waals surface area contributed by atoms with Crippen LogP contribution in [-0.4, -0.2) is 65.7 Å². The van der Waals surface area contributed by atoms with Crippen molar-refractivity contribution in [1.29, 1.82) is 0 Å². The number of H-pyrrole nitrogens is 1. The van der Waals surface area contributed by atoms with Crippen LogP contribution in [0.5, 0.6) is 0 Å². The van der Waals surface area contributed by atoms with Crippen molar-refractivity contribution in [3.05, 3.63) is 47.1 Å². The number of amides is 1. The molecule has 0 saturated carbocycles. The van der Waals surface area contributed by atoms with Gasteiger partial charge in [-0.15, -0.1) is 0 Å². The zero-order valence-corrected chi connectivity index (χ0v) is 20.2. The number of thiazole rings is 1. The number of aromatic nitrogens is 2. The van der Waals surface area contributed by atoms with Gasteiger partial charge >= 0.3 is 6.18 Å². The van der Waals surface area contributed by atoms with Crippen LogP contribution in [0, 0.1) is 0 Å². The highest BCUT2D eigenvalue weighted by atomic mass is 32.1. The Hall–Kier alpha value is -2.59. The minimum atomic E-state index is -4.31. The molecule has 0 bridgehead atoms. The van der Waals surface area contributed by atoms with Crippen molar-refractivity contribution in [3.63, 3.8) is 0 Å². The van der Waals surface area contributed by atoms with Crippen LogP contribution in [0.15, 0.2) is 36.7 Å². The standard InChI is InChI=1S/C24H30F3N5OS/c1-3-4-7-17(12-16-13-28-19-9-6-5-8-18(16)19)30-22(33)20-14-29-23(34-20)32-11-10-31(2)21(15-32)24(25,26)27/h5-6,8-9,13-14,17,21,28H,3-4,7,10-12,15H2,1-2H3,(H,30,33). The first-order valence-electron chi connectivity index (χ1n) is 11.6. The molecule has 10 heteroatoms. The van der Waals surface area contributed by atoms with E-state index < -0.39 is 12.2 Å². The topological polar surface area (TPSA) is 64.3 Å². The Kier molecular flexibility index (Phi) is 7.47. The van der Waals surface area contributed by atoms with E-state index in [9.17, 15) is 18.0 Å². The number of carbonyl (C=O) groups is 1. The molecule has 1 aliphatic rings. The Morgan fingerprint density at radius 3 is 2.88 bits per heavy atom. The third kappa shape index (κ3) is 5.55. The number of para-hydroxylation sites is 1. The Labute approximate surface area is 201 Å². The van der Waals surface area contributed by atoms with Crippen LogP contribution in [0.1, 0.15) is 41.4 Å². The van der Waals surface area contributed by atoms with E-state index in [2.05, 4.69) is 28.3 Å². The number of benzene rings is 1. The van der Waals surface area contributed by atoms with Crippen LogP contribution in [0.2, 0.25) is 0 Å². The van der Waals surface area contributed by atoms with E-state index >= 15 is 0 Å². The second-order valence-electron chi connectivity index (χ2n) is 8.87. The number of aromatic amines is 1. The number of nitrogens with zero attached hydrogens (tertiary/aromatic N) is 3. The van der Waals surface area contributed by atoms with Crippen molar-refractivity contribution in [2.75, 3.05) is 31.6 Å². The van der Waals surface area contributed by atoms with E-state index in [1.807, 2.05) is 24.4 Å². The lowest BCUT2D eigenvalue weighted by Gasteiger charge is -2.39. The Morgan fingerprint density at radius 1 is 1.32 bits per heavy atom. The largest absolute Gasteiger partial charge is 0.405 e. The molecular formula is C24H30F3N5OS. The third-order valence-corrected chi connectivity index (χ3v) is 7.45. The molecule has 2 N–H and O–H groups in total. The molecule has 3 heterocycles. The fourth-order valence-corrected chi connectivity index (χ4v) is 5.27. The lowest BCUT2D eigenvalue weighted by molar-refractivity contribution is -0.180. The van der Waals surface area contributed by atoms with Gasteiger partial charge < -0.3 is 15.2 Å². The molecule has 2 atom stereocenters. The summed E-state index contributed by atoms with van der Waals surface area (Å²) < 4.78 is 40.1. The quantitative estimate of drug-likeness (QED) is 0.472. The molecule has 4 rings (SSSR count). The number of hydrogen-bond donors (Lipinski definition) is 2. The monoisotopic (exact) mass is 493 g/mol. The third-order valence-electron chi connectivity index (χ3n) is 6.40. The average molecular weight is 494 g/mol. The molecule has 1 saturated heterocycles. The van der Waals surface area contributed by atoms with Gasteiger partial charge in [-0.2, -0.15) is 13.2 Å². The Morgan fingerprint density at radius 2 is 2.12 bits per heavy atom. The van der Waals surface area contributed by atoms with Gasteiger partial charge in [0.25, 0.3) is 5.91 Å². The smallest absolute Gasteiger partial charge is 0.361 e. The molecule has 1 aromatic carbocycles. The van der Waals surface area contributed by atoms with Gasteiger partial charge in [-0.25, -0.2) is 4.98 Å². The van der Waals surface area contributed by atoms with Crippen molar-refractivity contribution in [3.8, 4) is 0 Å². The number of anilines is 1. The number of nitrogens with one attached hydrogen (secondary N) is 2. The molecule has 2 unspecified atom stereocenters. The molecule has 6 nitrogen and oxygen atoms in total. The molecule has 0 aliphatic carbocycles. The summed E-state index contributed by atoms with van der Waals surface area (Å²) in [5.41, 5.74) is 2.21. The van der Waals surface area contributed by atoms with Gasteiger partial charge in [0.15, 0.2) is 5.13 Å². The van der Waals surface area contributed by atoms with Crippen molar-refractivity contribution in [2.24, 2.45) is 0 Å². The molecule has 0 radical (unpaired) electrons. The first kappa shape index (κ1) is 24.5. The van der Waals surface area contributed by atoms with E-state index in [1.54, 1.807) is 4.90 Å². The van der Waals surface area contributed by atoms with Gasteiger partial charge in [0.05, 0.1) is 6.20 Å². The molecule has 2 aromatic heterocycles. The van der Waals surface area contributed by atoms with Gasteiger partial charge in [0, 0.05) is 42.8 Å². The number of carbonyl (C=O) groups excluding carboxylic acids is 1. The highest BCUT2D eigenvalue weighted by Gasteiger charge is 2.45. The van der Waals surface area contributed by atoms with Gasteiger partial charge in [0.1, 0.15) is 10.9 Å². The number of alkyl halides is 3. The highest BCUT2D eigenvalue weighted by Crippen LogP contribution is 2.31. The average Bonchev–Trinajstić information content (AvgIpc) is 3.45. The van der Waals surface area contributed by atoms with Crippen molar-refractivity contribution in [1.82, 2.24) is 20.2 Å². The lowest BCUT2D eigenvalue weighted by atomic mass is 10.0. The maximum absolute atomic E-state index is 13.4. The molecule has 1 fully saturated rings. The zero-order chi connectivity index (χ0) is 24.3. The number of unbranched alkanes of at least 4 members (excludes halogenated alkanes) is 1. The highest BCUT2D eigenvalue weighted by molar-refractivity contribution is 7.17. The van der Waals surface area contributed by atoms with E-state index in [0.717, 1.165) is 47.1 Å². The second-order valence-corrected chi connectivity index (χ2v) is 9.88. The molecule has 34 heavy (non-hydrogen) atoms. The molecule has 184 valence electrons. The van der Waals surface area contributed by atoms with Gasteiger partial charge in [-0.05, 0) is 31.5 Å². The summed E-state index contributed by atoms with van der Waals surface area (Å²) >= 11 is 1.15. The zero-order valence-electron chi connectivity index (χ0n) is 19.4. The summed E-state index contributed by atoms with van der Waals surface area (Å²) in [6, 6.07) is 6.49. The number of rotatable bonds is 8. The van der Waals surface area contributed by atoms with E-state index in [-0.39, 0.29) is 25.0 Å². The van der Waals surface area contributed by atoms with Crippen LogP contribution in [0.3, 0.4) is 0 Å². The van der Waals surface area contributed by atoms with Crippen molar-refractivity contribution >= 4 is 33.3 Å². The van der Waals surface area contributed by atoms with Crippen LogP contribution in [0.25, 0.3) is 10.9 Å². The van der Waals surface area contributed by atoms with Crippen molar-refractivity contribution in [2.45, 2.75) is 50.9 Å². The van der Waals surface area contributed by atoms with E-state index in [4.69, 9.17) is 0 Å². The molecule has 0 spiro atoms. The Bertz CT molecular complexity index is 1110. The predicted octanol–water partition coefficient (Wildman–Crippen LogP) is 4.84. The second kappa shape index (κ2) is 10.4. The normalized spacial score (nSPS) is 18.4. The molecule has 1 aliphatic heterocycles. The number of hydrogen-bond acceptors (Lipinski definition) is 5. The summed E-state index contributed by atoms with van der Waals surface area (Å²) in [4.78, 5) is 24.0. The number of piperazine rings is 1. The summed E-state index contributed by atoms with van der Waals surface area (Å²) in [5.74, 6) is -0.230. The summed E-state index contributed by atoms with van der Waals surface area (Å²) in [6.45, 7) is 2.66. The number of fused-ring (bicyclic) bond motifs is 1. The summed E-state index contributed by atoms with van der Waals surface area (Å²) in [6.07, 6.45) is 2.71. The number of likely N-dealkylation sites (N-methyl/N-ethyl adjacent to an activating group) is 1. The molecular weight excluding hydrogens is 463 g/mol. The minimum absolute atomic E-state index is 0.0459. The van der Waals surface area contributed by atoms with Gasteiger partial charge in [-0.1, -0.05) is 49.3 Å². The van der Waals surface area contributed by atoms with Crippen molar-refractivity contribution < 1.29 is 18.0 Å². The van der Waals surface area contributed by atoms with Crippen LogP contribution in [-0.2, 0) is 6.42 Å². The fraction of sp³-hybridized carbons (Fsp3) is 0.500. The van der Waals surface area contributed by atoms with E-state index in [1.165, 1.54) is 18.1 Å². The predicted molar refractivity (Wildman–Crippen MR) is 130 cm³/mol. The lowest BCUT2D eigenvalue weighted by Crippen LogP contribution is -2.57. The fourth-order valence-electron chi connectivity index (χ4n) is 4.42. The van der Waals surface area contributed by atoms with Crippen LogP contribution >= 0.6 is 11.3 Å². The maximum atomic E-state index is 13.4.